The number of aliphatic hydroxyl groups is 1. The number of aliphatic imine (C=N–C) groups is 1. The molecule has 2 aromatic carbocycles. The van der Waals surface area contributed by atoms with E-state index < -0.39 is 6.10 Å². The van der Waals surface area contributed by atoms with Crippen LogP contribution in [0.3, 0.4) is 0 Å². The summed E-state index contributed by atoms with van der Waals surface area (Å²) in [5.74, 6) is 0.822. The standard InChI is InChI=1S/C21H19N3O/c1-15-12-19-18(14-22-15)20(25)13-21(23-16-8-4-2-5-9-16)24(19)17-10-6-3-7-11-17/h2-12,14,20,25H,13H2,1H3. The summed E-state index contributed by atoms with van der Waals surface area (Å²) in [7, 11) is 0. The smallest absolute Gasteiger partial charge is 0.117 e. The molecule has 25 heavy (non-hydrogen) atoms. The first-order valence-corrected chi connectivity index (χ1v) is 8.35. The highest BCUT2D eigenvalue weighted by Gasteiger charge is 2.30. The normalized spacial score (nSPS) is 18.2. The van der Waals surface area contributed by atoms with Crippen molar-refractivity contribution in [2.24, 2.45) is 4.99 Å². The Labute approximate surface area is 147 Å². The second-order valence-corrected chi connectivity index (χ2v) is 6.14. The van der Waals surface area contributed by atoms with Crippen LogP contribution in [0.1, 0.15) is 23.8 Å². The zero-order valence-corrected chi connectivity index (χ0v) is 14.0. The van der Waals surface area contributed by atoms with E-state index in [0.717, 1.165) is 34.2 Å². The minimum absolute atomic E-state index is 0.446. The van der Waals surface area contributed by atoms with E-state index in [2.05, 4.69) is 22.0 Å². The fourth-order valence-electron chi connectivity index (χ4n) is 3.13. The number of hydrogen-bond donors (Lipinski definition) is 1. The molecular formula is C21H19N3O. The molecule has 4 heteroatoms. The van der Waals surface area contributed by atoms with E-state index in [1.165, 1.54) is 0 Å². The lowest BCUT2D eigenvalue weighted by molar-refractivity contribution is 0.184. The molecule has 1 N–H and O–H groups in total. The highest BCUT2D eigenvalue weighted by molar-refractivity contribution is 6.07. The number of rotatable bonds is 2. The van der Waals surface area contributed by atoms with Gasteiger partial charge in [0.05, 0.1) is 17.5 Å². The first-order chi connectivity index (χ1) is 12.2. The van der Waals surface area contributed by atoms with E-state index in [4.69, 9.17) is 4.99 Å². The molecule has 0 saturated carbocycles. The summed E-state index contributed by atoms with van der Waals surface area (Å²) in [6.07, 6.45) is 1.61. The average Bonchev–Trinajstić information content (AvgIpc) is 2.63. The molecule has 0 saturated heterocycles. The van der Waals surface area contributed by atoms with Gasteiger partial charge in [0.15, 0.2) is 0 Å². The molecule has 0 amide bonds. The Hall–Kier alpha value is -2.98. The van der Waals surface area contributed by atoms with E-state index in [1.807, 2.05) is 61.5 Å². The Kier molecular flexibility index (Phi) is 4.04. The topological polar surface area (TPSA) is 48.7 Å². The molecule has 0 fully saturated rings. The summed E-state index contributed by atoms with van der Waals surface area (Å²) in [5.41, 5.74) is 4.58. The van der Waals surface area contributed by atoms with Gasteiger partial charge in [0, 0.05) is 29.6 Å². The molecule has 2 heterocycles. The maximum atomic E-state index is 10.6. The van der Waals surface area contributed by atoms with Crippen LogP contribution in [-0.4, -0.2) is 15.9 Å². The van der Waals surface area contributed by atoms with E-state index >= 15 is 0 Å². The number of anilines is 2. The monoisotopic (exact) mass is 329 g/mol. The Balaban J connectivity index is 1.90. The maximum Gasteiger partial charge on any atom is 0.117 e. The predicted molar refractivity (Wildman–Crippen MR) is 101 cm³/mol. The van der Waals surface area contributed by atoms with Crippen molar-refractivity contribution >= 4 is 22.9 Å². The van der Waals surface area contributed by atoms with Gasteiger partial charge in [0.25, 0.3) is 0 Å². The number of aliphatic hydroxyl groups excluding tert-OH is 1. The highest BCUT2D eigenvalue weighted by Crippen LogP contribution is 2.40. The largest absolute Gasteiger partial charge is 0.388 e. The lowest BCUT2D eigenvalue weighted by Gasteiger charge is -2.35. The zero-order chi connectivity index (χ0) is 17.2. The number of fused-ring (bicyclic) bond motifs is 1. The summed E-state index contributed by atoms with van der Waals surface area (Å²) in [6, 6.07) is 22.0. The third-order valence-electron chi connectivity index (χ3n) is 4.31. The molecule has 1 unspecified atom stereocenters. The van der Waals surface area contributed by atoms with Gasteiger partial charge < -0.3 is 5.11 Å². The minimum atomic E-state index is -0.606. The molecule has 1 aromatic heterocycles. The van der Waals surface area contributed by atoms with Crippen molar-refractivity contribution in [1.82, 2.24) is 4.98 Å². The number of aromatic nitrogens is 1. The van der Waals surface area contributed by atoms with Gasteiger partial charge >= 0.3 is 0 Å². The predicted octanol–water partition coefficient (Wildman–Crippen LogP) is 4.70. The average molecular weight is 329 g/mol. The van der Waals surface area contributed by atoms with Crippen LogP contribution < -0.4 is 4.90 Å². The Bertz CT molecular complexity index is 907. The van der Waals surface area contributed by atoms with Gasteiger partial charge in [-0.05, 0) is 37.3 Å². The van der Waals surface area contributed by atoms with Crippen molar-refractivity contribution in [2.45, 2.75) is 19.4 Å². The van der Waals surface area contributed by atoms with Crippen molar-refractivity contribution in [1.29, 1.82) is 0 Å². The molecule has 1 aliphatic heterocycles. The number of hydrogen-bond acceptors (Lipinski definition) is 3. The van der Waals surface area contributed by atoms with Crippen molar-refractivity contribution in [2.75, 3.05) is 4.90 Å². The Morgan fingerprint density at radius 2 is 1.72 bits per heavy atom. The Morgan fingerprint density at radius 3 is 2.44 bits per heavy atom. The molecule has 124 valence electrons. The lowest BCUT2D eigenvalue weighted by Crippen LogP contribution is -2.33. The van der Waals surface area contributed by atoms with Crippen molar-refractivity contribution in [3.63, 3.8) is 0 Å². The first kappa shape index (κ1) is 15.5. The van der Waals surface area contributed by atoms with Gasteiger partial charge in [-0.2, -0.15) is 0 Å². The van der Waals surface area contributed by atoms with Gasteiger partial charge in [-0.25, -0.2) is 4.99 Å². The SMILES string of the molecule is Cc1cc2c(cn1)C(O)CC(=Nc1ccccc1)N2c1ccccc1. The number of nitrogens with zero attached hydrogens (tertiary/aromatic N) is 3. The van der Waals surface area contributed by atoms with Crippen molar-refractivity contribution in [3.05, 3.63) is 84.2 Å². The molecule has 1 atom stereocenters. The Morgan fingerprint density at radius 1 is 1.04 bits per heavy atom. The van der Waals surface area contributed by atoms with Gasteiger partial charge in [0.1, 0.15) is 5.84 Å². The van der Waals surface area contributed by atoms with Crippen LogP contribution in [0.15, 0.2) is 77.9 Å². The summed E-state index contributed by atoms with van der Waals surface area (Å²) < 4.78 is 0. The molecule has 0 spiro atoms. The van der Waals surface area contributed by atoms with Gasteiger partial charge in [-0.3, -0.25) is 9.88 Å². The van der Waals surface area contributed by atoms with Gasteiger partial charge in [-0.15, -0.1) is 0 Å². The van der Waals surface area contributed by atoms with Crippen molar-refractivity contribution < 1.29 is 5.11 Å². The number of amidine groups is 1. The van der Waals surface area contributed by atoms with Crippen LogP contribution in [0.4, 0.5) is 17.1 Å². The van der Waals surface area contributed by atoms with Crippen LogP contribution in [0.2, 0.25) is 0 Å². The van der Waals surface area contributed by atoms with E-state index in [-0.39, 0.29) is 0 Å². The summed E-state index contributed by atoms with van der Waals surface area (Å²) >= 11 is 0. The van der Waals surface area contributed by atoms with Crippen LogP contribution in [0.25, 0.3) is 0 Å². The highest BCUT2D eigenvalue weighted by atomic mass is 16.3. The van der Waals surface area contributed by atoms with E-state index in [1.54, 1.807) is 6.20 Å². The second-order valence-electron chi connectivity index (χ2n) is 6.14. The number of para-hydroxylation sites is 2. The van der Waals surface area contributed by atoms with Gasteiger partial charge in [0.2, 0.25) is 0 Å². The van der Waals surface area contributed by atoms with Crippen LogP contribution in [0.5, 0.6) is 0 Å². The summed E-state index contributed by atoms with van der Waals surface area (Å²) in [6.45, 7) is 1.96. The fourth-order valence-corrected chi connectivity index (χ4v) is 3.13. The number of benzene rings is 2. The minimum Gasteiger partial charge on any atom is -0.388 e. The molecule has 0 aliphatic carbocycles. The molecule has 3 aromatic rings. The fraction of sp³-hybridized carbons (Fsp3) is 0.143. The molecule has 0 bridgehead atoms. The second kappa shape index (κ2) is 6.49. The quantitative estimate of drug-likeness (QED) is 0.741. The van der Waals surface area contributed by atoms with E-state index in [9.17, 15) is 5.11 Å². The first-order valence-electron chi connectivity index (χ1n) is 8.35. The van der Waals surface area contributed by atoms with E-state index in [0.29, 0.717) is 6.42 Å². The molecule has 0 radical (unpaired) electrons. The van der Waals surface area contributed by atoms with Crippen LogP contribution >= 0.6 is 0 Å². The molecular weight excluding hydrogens is 310 g/mol. The van der Waals surface area contributed by atoms with Crippen LogP contribution in [0, 0.1) is 6.92 Å². The summed E-state index contributed by atoms with van der Waals surface area (Å²) in [5, 5.41) is 10.6. The van der Waals surface area contributed by atoms with Crippen LogP contribution in [-0.2, 0) is 0 Å². The number of pyridine rings is 1. The number of aryl methyl sites for hydroxylation is 1. The maximum absolute atomic E-state index is 10.6. The molecule has 4 rings (SSSR count). The summed E-state index contributed by atoms with van der Waals surface area (Å²) in [4.78, 5) is 11.3. The zero-order valence-electron chi connectivity index (χ0n) is 14.0. The third-order valence-corrected chi connectivity index (χ3v) is 4.31. The third kappa shape index (κ3) is 3.04. The van der Waals surface area contributed by atoms with Crippen molar-refractivity contribution in [3.8, 4) is 0 Å². The lowest BCUT2D eigenvalue weighted by atomic mass is 9.98. The molecule has 1 aliphatic rings. The molecule has 4 nitrogen and oxygen atoms in total. The van der Waals surface area contributed by atoms with Gasteiger partial charge in [-0.1, -0.05) is 36.4 Å².